The number of ether oxygens (including phenoxy) is 2. The summed E-state index contributed by atoms with van der Waals surface area (Å²) in [6, 6.07) is 15.6. The van der Waals surface area contributed by atoms with Crippen molar-refractivity contribution in [2.45, 2.75) is 13.0 Å². The molecule has 4 rings (SSSR count). The smallest absolute Gasteiger partial charge is 0.264 e. The average Bonchev–Trinajstić information content (AvgIpc) is 2.71. The van der Waals surface area contributed by atoms with Crippen LogP contribution < -0.4 is 9.47 Å². The lowest BCUT2D eigenvalue weighted by Crippen LogP contribution is -2.36. The molecule has 0 N–H and O–H groups in total. The Morgan fingerprint density at radius 3 is 2.65 bits per heavy atom. The van der Waals surface area contributed by atoms with Gasteiger partial charge in [-0.2, -0.15) is 5.26 Å². The summed E-state index contributed by atoms with van der Waals surface area (Å²) in [7, 11) is 0. The van der Waals surface area contributed by atoms with E-state index in [1.54, 1.807) is 23.1 Å². The van der Waals surface area contributed by atoms with Gasteiger partial charge in [0.2, 0.25) is 0 Å². The van der Waals surface area contributed by atoms with Crippen LogP contribution in [0.2, 0.25) is 0 Å². The molecule has 0 radical (unpaired) electrons. The van der Waals surface area contributed by atoms with Crippen LogP contribution >= 0.6 is 0 Å². The number of fused-ring (bicyclic) bond motifs is 2. The van der Waals surface area contributed by atoms with Gasteiger partial charge < -0.3 is 14.4 Å². The Hall–Kier alpha value is -3.26. The van der Waals surface area contributed by atoms with E-state index in [0.717, 1.165) is 17.5 Å². The van der Waals surface area contributed by atoms with Gasteiger partial charge in [0.15, 0.2) is 11.5 Å². The monoisotopic (exact) mass is 346 g/mol. The lowest BCUT2D eigenvalue weighted by atomic mass is 9.99. The van der Waals surface area contributed by atoms with Gasteiger partial charge in [0.1, 0.15) is 24.9 Å². The first-order valence-corrected chi connectivity index (χ1v) is 8.62. The molecule has 5 nitrogen and oxygen atoms in total. The van der Waals surface area contributed by atoms with Crippen LogP contribution in [-0.2, 0) is 17.8 Å². The molecule has 0 unspecified atom stereocenters. The topological polar surface area (TPSA) is 62.6 Å². The number of amides is 1. The van der Waals surface area contributed by atoms with Crippen molar-refractivity contribution < 1.29 is 14.3 Å². The second kappa shape index (κ2) is 6.93. The minimum atomic E-state index is -0.239. The lowest BCUT2D eigenvalue weighted by Gasteiger charge is -2.28. The van der Waals surface area contributed by atoms with Gasteiger partial charge in [-0.15, -0.1) is 0 Å². The highest BCUT2D eigenvalue weighted by Crippen LogP contribution is 2.31. The molecule has 0 fully saturated rings. The summed E-state index contributed by atoms with van der Waals surface area (Å²) in [5.74, 6) is 1.09. The lowest BCUT2D eigenvalue weighted by molar-refractivity contribution is -0.127. The van der Waals surface area contributed by atoms with E-state index in [1.165, 1.54) is 5.56 Å². The quantitative estimate of drug-likeness (QED) is 0.619. The zero-order valence-corrected chi connectivity index (χ0v) is 14.3. The van der Waals surface area contributed by atoms with Gasteiger partial charge in [-0.1, -0.05) is 30.3 Å². The standard InChI is InChI=1S/C21H18N2O3/c22-13-18(11-15-5-6-19-20(12-15)26-10-9-25-19)21(24)23-8-7-16-3-1-2-4-17(16)14-23/h1-6,11-12H,7-10,14H2/b18-11+. The summed E-state index contributed by atoms with van der Waals surface area (Å²) in [6.07, 6.45) is 2.42. The molecular formula is C21H18N2O3. The van der Waals surface area contributed by atoms with E-state index in [0.29, 0.717) is 37.8 Å². The zero-order valence-electron chi connectivity index (χ0n) is 14.3. The highest BCUT2D eigenvalue weighted by atomic mass is 16.6. The van der Waals surface area contributed by atoms with Gasteiger partial charge in [-0.05, 0) is 41.3 Å². The Balaban J connectivity index is 1.56. The number of rotatable bonds is 2. The van der Waals surface area contributed by atoms with E-state index in [2.05, 4.69) is 6.07 Å². The summed E-state index contributed by atoms with van der Waals surface area (Å²) in [6.45, 7) is 2.18. The molecule has 0 aromatic heterocycles. The van der Waals surface area contributed by atoms with Crippen molar-refractivity contribution in [3.63, 3.8) is 0 Å². The minimum absolute atomic E-state index is 0.126. The number of carbonyl (C=O) groups excluding carboxylic acids is 1. The number of hydrogen-bond acceptors (Lipinski definition) is 4. The summed E-state index contributed by atoms with van der Waals surface area (Å²) >= 11 is 0. The van der Waals surface area contributed by atoms with Crippen LogP contribution in [0.4, 0.5) is 0 Å². The molecule has 1 amide bonds. The first kappa shape index (κ1) is 16.2. The van der Waals surface area contributed by atoms with Crippen LogP contribution in [-0.4, -0.2) is 30.6 Å². The van der Waals surface area contributed by atoms with Gasteiger partial charge >= 0.3 is 0 Å². The van der Waals surface area contributed by atoms with E-state index in [4.69, 9.17) is 9.47 Å². The Morgan fingerprint density at radius 1 is 1.08 bits per heavy atom. The number of carbonyl (C=O) groups is 1. The molecule has 2 aliphatic rings. The summed E-state index contributed by atoms with van der Waals surface area (Å²) in [5.41, 5.74) is 3.28. The molecule has 0 aliphatic carbocycles. The molecule has 0 bridgehead atoms. The van der Waals surface area contributed by atoms with Crippen LogP contribution in [0.5, 0.6) is 11.5 Å². The summed E-state index contributed by atoms with van der Waals surface area (Å²) in [5, 5.41) is 9.50. The van der Waals surface area contributed by atoms with E-state index in [9.17, 15) is 10.1 Å². The van der Waals surface area contributed by atoms with Crippen molar-refractivity contribution in [2.24, 2.45) is 0 Å². The zero-order chi connectivity index (χ0) is 17.9. The van der Waals surface area contributed by atoms with Crippen molar-refractivity contribution in [2.75, 3.05) is 19.8 Å². The third kappa shape index (κ3) is 3.14. The largest absolute Gasteiger partial charge is 0.486 e. The van der Waals surface area contributed by atoms with E-state index >= 15 is 0 Å². The molecule has 2 aromatic rings. The minimum Gasteiger partial charge on any atom is -0.486 e. The summed E-state index contributed by atoms with van der Waals surface area (Å²) in [4.78, 5) is 14.5. The van der Waals surface area contributed by atoms with E-state index in [1.807, 2.05) is 30.3 Å². The van der Waals surface area contributed by atoms with Crippen LogP contribution in [0.25, 0.3) is 6.08 Å². The predicted molar refractivity (Wildman–Crippen MR) is 96.6 cm³/mol. The maximum atomic E-state index is 12.8. The molecule has 5 heteroatoms. The number of nitriles is 1. The Labute approximate surface area is 152 Å². The predicted octanol–water partition coefficient (Wildman–Crippen LogP) is 2.95. The van der Waals surface area contributed by atoms with Crippen LogP contribution in [0.3, 0.4) is 0 Å². The average molecular weight is 346 g/mol. The third-order valence-electron chi connectivity index (χ3n) is 4.65. The highest BCUT2D eigenvalue weighted by molar-refractivity contribution is 6.01. The van der Waals surface area contributed by atoms with Gasteiger partial charge in [0, 0.05) is 13.1 Å². The molecule has 0 saturated heterocycles. The van der Waals surface area contributed by atoms with Crippen molar-refractivity contribution in [1.82, 2.24) is 4.90 Å². The molecule has 0 atom stereocenters. The van der Waals surface area contributed by atoms with Crippen LogP contribution in [0, 0.1) is 11.3 Å². The molecular weight excluding hydrogens is 328 g/mol. The second-order valence-corrected chi connectivity index (χ2v) is 6.32. The van der Waals surface area contributed by atoms with Crippen LogP contribution in [0.1, 0.15) is 16.7 Å². The second-order valence-electron chi connectivity index (χ2n) is 6.32. The highest BCUT2D eigenvalue weighted by Gasteiger charge is 2.23. The van der Waals surface area contributed by atoms with Crippen molar-refractivity contribution in [1.29, 1.82) is 5.26 Å². The molecule has 0 saturated carbocycles. The van der Waals surface area contributed by atoms with Gasteiger partial charge in [-0.3, -0.25) is 4.79 Å². The third-order valence-corrected chi connectivity index (χ3v) is 4.65. The number of hydrogen-bond donors (Lipinski definition) is 0. The van der Waals surface area contributed by atoms with Crippen LogP contribution in [0.15, 0.2) is 48.0 Å². The van der Waals surface area contributed by atoms with E-state index < -0.39 is 0 Å². The van der Waals surface area contributed by atoms with Crippen molar-refractivity contribution >= 4 is 12.0 Å². The molecule has 2 aliphatic heterocycles. The molecule has 130 valence electrons. The molecule has 2 heterocycles. The first-order valence-electron chi connectivity index (χ1n) is 8.62. The maximum absolute atomic E-state index is 12.8. The fourth-order valence-electron chi connectivity index (χ4n) is 3.30. The SMILES string of the molecule is N#C/C(=C\c1ccc2c(c1)OCCO2)C(=O)N1CCc2ccccc2C1. The fraction of sp³-hybridized carbons (Fsp3) is 0.238. The normalized spacial score (nSPS) is 15.8. The Bertz CT molecular complexity index is 927. The van der Waals surface area contributed by atoms with Gasteiger partial charge in [0.25, 0.3) is 5.91 Å². The van der Waals surface area contributed by atoms with E-state index in [-0.39, 0.29) is 11.5 Å². The molecule has 26 heavy (non-hydrogen) atoms. The first-order chi connectivity index (χ1) is 12.7. The fourth-order valence-corrected chi connectivity index (χ4v) is 3.30. The van der Waals surface area contributed by atoms with Crippen molar-refractivity contribution in [3.05, 3.63) is 64.7 Å². The van der Waals surface area contributed by atoms with Crippen molar-refractivity contribution in [3.8, 4) is 17.6 Å². The van der Waals surface area contributed by atoms with Gasteiger partial charge in [-0.25, -0.2) is 0 Å². The maximum Gasteiger partial charge on any atom is 0.264 e. The Kier molecular flexibility index (Phi) is 4.32. The molecule has 2 aromatic carbocycles. The van der Waals surface area contributed by atoms with Gasteiger partial charge in [0.05, 0.1) is 0 Å². The number of nitrogens with zero attached hydrogens (tertiary/aromatic N) is 2. The number of benzene rings is 2. The summed E-state index contributed by atoms with van der Waals surface area (Å²) < 4.78 is 11.1. The molecule has 0 spiro atoms. The Morgan fingerprint density at radius 2 is 1.85 bits per heavy atom.